The van der Waals surface area contributed by atoms with Gasteiger partial charge in [-0.05, 0) is 31.9 Å². The lowest BCUT2D eigenvalue weighted by molar-refractivity contribution is 0.0992. The van der Waals surface area contributed by atoms with E-state index in [-0.39, 0.29) is 10.6 Å². The molecule has 0 saturated heterocycles. The van der Waals surface area contributed by atoms with Crippen molar-refractivity contribution in [2.24, 2.45) is 0 Å². The lowest BCUT2D eigenvalue weighted by Gasteiger charge is -2.14. The molecule has 0 aliphatic carbocycles. The van der Waals surface area contributed by atoms with Crippen LogP contribution >= 0.6 is 15.9 Å². The van der Waals surface area contributed by atoms with Crippen molar-refractivity contribution in [3.05, 3.63) is 29.3 Å². The van der Waals surface area contributed by atoms with E-state index in [1.54, 1.807) is 0 Å². The van der Waals surface area contributed by atoms with Crippen LogP contribution < -0.4 is 4.74 Å². The molecule has 0 aliphatic rings. The molecule has 2 nitrogen and oxygen atoms in total. The number of hydrogen-bond donors (Lipinski definition) is 0. The number of ketones is 1. The summed E-state index contributed by atoms with van der Waals surface area (Å²) in [6, 6.07) is 5.73. The first kappa shape index (κ1) is 13.2. The number of carbonyl (C=O) groups is 1. The molecular formula is C13H17BrO2. The van der Waals surface area contributed by atoms with Crippen molar-refractivity contribution in [2.75, 3.05) is 6.61 Å². The van der Waals surface area contributed by atoms with Gasteiger partial charge >= 0.3 is 0 Å². The molecule has 1 rings (SSSR count). The summed E-state index contributed by atoms with van der Waals surface area (Å²) >= 11 is 3.30. The lowest BCUT2D eigenvalue weighted by atomic mass is 10.0. The van der Waals surface area contributed by atoms with Crippen molar-refractivity contribution in [2.45, 2.75) is 32.0 Å². The second-order valence-corrected chi connectivity index (χ2v) is 4.93. The maximum Gasteiger partial charge on any atom is 0.179 e. The molecule has 3 heteroatoms. The van der Waals surface area contributed by atoms with Crippen molar-refractivity contribution in [1.29, 1.82) is 0 Å². The average molecular weight is 285 g/mol. The first-order valence-electron chi connectivity index (χ1n) is 5.54. The Bertz CT molecular complexity index is 372. The summed E-state index contributed by atoms with van der Waals surface area (Å²) in [5, 5.41) is 0. The van der Waals surface area contributed by atoms with Gasteiger partial charge in [-0.3, -0.25) is 4.79 Å². The minimum absolute atomic E-state index is 0.0683. The SMILES string of the molecule is CCOc1c(CC)cccc1C(=O)C(C)Br. The van der Waals surface area contributed by atoms with E-state index in [2.05, 4.69) is 22.9 Å². The third kappa shape index (κ3) is 2.85. The predicted octanol–water partition coefficient (Wildman–Crippen LogP) is 3.61. The molecule has 1 aromatic carbocycles. The fraction of sp³-hybridized carbons (Fsp3) is 0.462. The van der Waals surface area contributed by atoms with E-state index in [1.165, 1.54) is 0 Å². The minimum Gasteiger partial charge on any atom is -0.493 e. The van der Waals surface area contributed by atoms with Crippen LogP contribution in [0, 0.1) is 0 Å². The Kier molecular flexibility index (Phi) is 5.00. The van der Waals surface area contributed by atoms with Gasteiger partial charge in [0.2, 0.25) is 0 Å². The van der Waals surface area contributed by atoms with Crippen molar-refractivity contribution in [1.82, 2.24) is 0 Å². The van der Waals surface area contributed by atoms with Crippen LogP contribution in [-0.4, -0.2) is 17.2 Å². The number of alkyl halides is 1. The molecule has 1 atom stereocenters. The van der Waals surface area contributed by atoms with Gasteiger partial charge in [0, 0.05) is 0 Å². The van der Waals surface area contributed by atoms with Crippen LogP contribution in [0.3, 0.4) is 0 Å². The first-order valence-corrected chi connectivity index (χ1v) is 6.46. The first-order chi connectivity index (χ1) is 7.61. The molecule has 0 saturated carbocycles. The predicted molar refractivity (Wildman–Crippen MR) is 69.7 cm³/mol. The van der Waals surface area contributed by atoms with Crippen molar-refractivity contribution in [3.8, 4) is 5.75 Å². The standard InChI is InChI=1S/C13H17BrO2/c1-4-10-7-6-8-11(12(15)9(3)14)13(10)16-5-2/h6-9H,4-5H2,1-3H3. The summed E-state index contributed by atoms with van der Waals surface area (Å²) in [7, 11) is 0. The second-order valence-electron chi connectivity index (χ2n) is 3.56. The van der Waals surface area contributed by atoms with E-state index < -0.39 is 0 Å². The summed E-state index contributed by atoms with van der Waals surface area (Å²) in [6.45, 7) is 6.40. The summed E-state index contributed by atoms with van der Waals surface area (Å²) in [5.74, 6) is 0.808. The molecule has 0 radical (unpaired) electrons. The molecule has 16 heavy (non-hydrogen) atoms. The van der Waals surface area contributed by atoms with Gasteiger partial charge in [0.05, 0.1) is 17.0 Å². The van der Waals surface area contributed by atoms with Crippen LogP contribution in [0.15, 0.2) is 18.2 Å². The summed E-state index contributed by atoms with van der Waals surface area (Å²) in [5.41, 5.74) is 1.76. The van der Waals surface area contributed by atoms with Gasteiger partial charge in [-0.25, -0.2) is 0 Å². The molecule has 1 unspecified atom stereocenters. The Morgan fingerprint density at radius 3 is 2.62 bits per heavy atom. The molecule has 0 N–H and O–H groups in total. The molecule has 0 heterocycles. The van der Waals surface area contributed by atoms with Crippen LogP contribution in [0.5, 0.6) is 5.75 Å². The van der Waals surface area contributed by atoms with Crippen molar-refractivity contribution < 1.29 is 9.53 Å². The number of halogens is 1. The quantitative estimate of drug-likeness (QED) is 0.610. The Hall–Kier alpha value is -0.830. The summed E-state index contributed by atoms with van der Waals surface area (Å²) < 4.78 is 5.59. The van der Waals surface area contributed by atoms with Crippen molar-refractivity contribution in [3.63, 3.8) is 0 Å². The van der Waals surface area contributed by atoms with Gasteiger partial charge in [0.25, 0.3) is 0 Å². The van der Waals surface area contributed by atoms with E-state index in [0.717, 1.165) is 17.7 Å². The molecule has 0 bridgehead atoms. The Labute approximate surface area is 105 Å². The molecule has 0 amide bonds. The van der Waals surface area contributed by atoms with Gasteiger partial charge in [0.15, 0.2) is 5.78 Å². The van der Waals surface area contributed by atoms with E-state index in [1.807, 2.05) is 32.0 Å². The molecule has 1 aromatic rings. The summed E-state index contributed by atoms with van der Waals surface area (Å²) in [4.78, 5) is 11.8. The smallest absolute Gasteiger partial charge is 0.179 e. The van der Waals surface area contributed by atoms with E-state index in [0.29, 0.717) is 12.2 Å². The number of hydrogen-bond acceptors (Lipinski definition) is 2. The highest BCUT2D eigenvalue weighted by Crippen LogP contribution is 2.27. The third-order valence-electron chi connectivity index (χ3n) is 2.39. The lowest BCUT2D eigenvalue weighted by Crippen LogP contribution is -2.13. The Morgan fingerprint density at radius 1 is 1.44 bits per heavy atom. The Balaban J connectivity index is 3.21. The fourth-order valence-electron chi connectivity index (χ4n) is 1.59. The van der Waals surface area contributed by atoms with Crippen molar-refractivity contribution >= 4 is 21.7 Å². The molecule has 0 spiro atoms. The van der Waals surface area contributed by atoms with E-state index in [4.69, 9.17) is 4.74 Å². The number of Topliss-reactive ketones (excluding diaryl/α,β-unsaturated/α-hetero) is 1. The highest BCUT2D eigenvalue weighted by molar-refractivity contribution is 9.10. The maximum absolute atomic E-state index is 12.0. The highest BCUT2D eigenvalue weighted by Gasteiger charge is 2.18. The zero-order valence-corrected chi connectivity index (χ0v) is 11.5. The minimum atomic E-state index is -0.182. The van der Waals surface area contributed by atoms with Crippen LogP contribution in [0.2, 0.25) is 0 Å². The van der Waals surface area contributed by atoms with Gasteiger partial charge in [0.1, 0.15) is 5.75 Å². The molecule has 0 aliphatic heterocycles. The van der Waals surface area contributed by atoms with Gasteiger partial charge < -0.3 is 4.74 Å². The fourth-order valence-corrected chi connectivity index (χ4v) is 1.83. The average Bonchev–Trinajstić information content (AvgIpc) is 2.28. The van der Waals surface area contributed by atoms with Gasteiger partial charge in [-0.1, -0.05) is 35.0 Å². The summed E-state index contributed by atoms with van der Waals surface area (Å²) in [6.07, 6.45) is 0.868. The zero-order chi connectivity index (χ0) is 12.1. The zero-order valence-electron chi connectivity index (χ0n) is 9.92. The van der Waals surface area contributed by atoms with Crippen LogP contribution in [0.1, 0.15) is 36.7 Å². The second kappa shape index (κ2) is 6.04. The molecule has 88 valence electrons. The van der Waals surface area contributed by atoms with Crippen LogP contribution in [-0.2, 0) is 6.42 Å². The molecule has 0 aromatic heterocycles. The maximum atomic E-state index is 12.0. The Morgan fingerprint density at radius 2 is 2.12 bits per heavy atom. The van der Waals surface area contributed by atoms with E-state index >= 15 is 0 Å². The molecule has 0 fully saturated rings. The number of aryl methyl sites for hydroxylation is 1. The molecular weight excluding hydrogens is 268 g/mol. The monoisotopic (exact) mass is 284 g/mol. The topological polar surface area (TPSA) is 26.3 Å². The number of para-hydroxylation sites is 1. The number of benzene rings is 1. The number of ether oxygens (including phenoxy) is 1. The van der Waals surface area contributed by atoms with Crippen LogP contribution in [0.25, 0.3) is 0 Å². The number of carbonyl (C=O) groups excluding carboxylic acids is 1. The third-order valence-corrected chi connectivity index (χ3v) is 2.81. The number of rotatable bonds is 5. The van der Waals surface area contributed by atoms with Gasteiger partial charge in [-0.15, -0.1) is 0 Å². The normalized spacial score (nSPS) is 12.2. The van der Waals surface area contributed by atoms with Gasteiger partial charge in [-0.2, -0.15) is 0 Å². The van der Waals surface area contributed by atoms with Crippen LogP contribution in [0.4, 0.5) is 0 Å². The highest BCUT2D eigenvalue weighted by atomic mass is 79.9. The van der Waals surface area contributed by atoms with E-state index in [9.17, 15) is 4.79 Å². The largest absolute Gasteiger partial charge is 0.493 e.